The number of aromatic nitrogens is 3. The Bertz CT molecular complexity index is 569. The van der Waals surface area contributed by atoms with Crippen LogP contribution in [0.25, 0.3) is 0 Å². The number of nitriles is 1. The first kappa shape index (κ1) is 11.1. The molecule has 0 aliphatic rings. The van der Waals surface area contributed by atoms with Crippen molar-refractivity contribution in [1.82, 2.24) is 15.0 Å². The van der Waals surface area contributed by atoms with E-state index in [1.165, 1.54) is 12.1 Å². The Morgan fingerprint density at radius 1 is 1.53 bits per heavy atom. The van der Waals surface area contributed by atoms with E-state index in [4.69, 9.17) is 5.26 Å². The molecule has 0 amide bonds. The Balaban J connectivity index is 2.07. The number of hydrogen-bond acceptors (Lipinski definition) is 4. The van der Waals surface area contributed by atoms with Gasteiger partial charge in [-0.3, -0.25) is 4.68 Å². The van der Waals surface area contributed by atoms with Gasteiger partial charge in [0.15, 0.2) is 0 Å². The molecule has 1 heterocycles. The number of aryl methyl sites for hydroxylation is 1. The minimum atomic E-state index is -0.451. The van der Waals surface area contributed by atoms with Crippen molar-refractivity contribution in [2.75, 3.05) is 5.32 Å². The van der Waals surface area contributed by atoms with Gasteiger partial charge in [0.25, 0.3) is 0 Å². The Hall–Kier alpha value is -2.42. The number of nitrogens with one attached hydrogen (secondary N) is 1. The minimum Gasteiger partial charge on any atom is -0.377 e. The summed E-state index contributed by atoms with van der Waals surface area (Å²) < 4.78 is 15.1. The molecule has 0 aliphatic heterocycles. The van der Waals surface area contributed by atoms with Gasteiger partial charge in [-0.05, 0) is 18.2 Å². The van der Waals surface area contributed by atoms with Crippen LogP contribution in [0.5, 0.6) is 0 Å². The first-order valence-corrected chi connectivity index (χ1v) is 4.98. The third-order valence-electron chi connectivity index (χ3n) is 2.21. The number of hydrogen-bond donors (Lipinski definition) is 1. The van der Waals surface area contributed by atoms with Crippen molar-refractivity contribution >= 4 is 5.69 Å². The van der Waals surface area contributed by atoms with E-state index in [2.05, 4.69) is 15.6 Å². The predicted molar refractivity (Wildman–Crippen MR) is 59.4 cm³/mol. The molecule has 1 aromatic carbocycles. The smallest absolute Gasteiger partial charge is 0.147 e. The van der Waals surface area contributed by atoms with Crippen LogP contribution in [0.2, 0.25) is 0 Å². The molecule has 17 heavy (non-hydrogen) atoms. The lowest BCUT2D eigenvalue weighted by Crippen LogP contribution is -2.02. The first-order chi connectivity index (χ1) is 8.19. The first-order valence-electron chi connectivity index (χ1n) is 4.98. The van der Waals surface area contributed by atoms with Crippen LogP contribution in [0.1, 0.15) is 11.3 Å². The number of anilines is 1. The van der Waals surface area contributed by atoms with E-state index >= 15 is 0 Å². The van der Waals surface area contributed by atoms with Crippen molar-refractivity contribution in [2.24, 2.45) is 7.05 Å². The van der Waals surface area contributed by atoms with Crippen LogP contribution in [-0.4, -0.2) is 15.0 Å². The van der Waals surface area contributed by atoms with Crippen molar-refractivity contribution in [2.45, 2.75) is 6.54 Å². The van der Waals surface area contributed by atoms with Gasteiger partial charge in [0.05, 0.1) is 23.9 Å². The van der Waals surface area contributed by atoms with Crippen molar-refractivity contribution < 1.29 is 4.39 Å². The predicted octanol–water partition coefficient (Wildman–Crippen LogP) is 1.44. The van der Waals surface area contributed by atoms with E-state index in [9.17, 15) is 4.39 Å². The van der Waals surface area contributed by atoms with Crippen molar-refractivity contribution in [1.29, 1.82) is 5.26 Å². The molecule has 0 fully saturated rings. The molecule has 0 unspecified atom stereocenters. The van der Waals surface area contributed by atoms with Crippen LogP contribution in [0.15, 0.2) is 24.4 Å². The topological polar surface area (TPSA) is 66.5 Å². The largest absolute Gasteiger partial charge is 0.377 e. The third-order valence-corrected chi connectivity index (χ3v) is 2.21. The van der Waals surface area contributed by atoms with Gasteiger partial charge in [-0.25, -0.2) is 4.39 Å². The molecule has 1 aromatic heterocycles. The van der Waals surface area contributed by atoms with Crippen molar-refractivity contribution in [3.63, 3.8) is 0 Å². The zero-order chi connectivity index (χ0) is 12.3. The van der Waals surface area contributed by atoms with E-state index in [0.717, 1.165) is 5.69 Å². The standard InChI is InChI=1S/C11H10FN5/c1-17-7-9(15-16-17)6-14-11-3-2-8(5-13)4-10(11)12/h2-4,7,14H,6H2,1H3. The van der Waals surface area contributed by atoms with Gasteiger partial charge in [0.1, 0.15) is 11.5 Å². The number of benzene rings is 1. The van der Waals surface area contributed by atoms with Gasteiger partial charge >= 0.3 is 0 Å². The molecule has 2 aromatic rings. The number of nitrogens with zero attached hydrogens (tertiary/aromatic N) is 4. The maximum atomic E-state index is 13.5. The monoisotopic (exact) mass is 231 g/mol. The molecule has 2 rings (SSSR count). The Morgan fingerprint density at radius 3 is 2.94 bits per heavy atom. The highest BCUT2D eigenvalue weighted by Gasteiger charge is 2.04. The van der Waals surface area contributed by atoms with E-state index in [1.807, 2.05) is 6.07 Å². The van der Waals surface area contributed by atoms with Gasteiger partial charge in [-0.1, -0.05) is 5.21 Å². The summed E-state index contributed by atoms with van der Waals surface area (Å²) in [4.78, 5) is 0. The second-order valence-corrected chi connectivity index (χ2v) is 3.54. The summed E-state index contributed by atoms with van der Waals surface area (Å²) in [6.45, 7) is 0.386. The average Bonchev–Trinajstić information content (AvgIpc) is 2.73. The fourth-order valence-corrected chi connectivity index (χ4v) is 1.39. The van der Waals surface area contributed by atoms with Crippen LogP contribution >= 0.6 is 0 Å². The van der Waals surface area contributed by atoms with E-state index in [-0.39, 0.29) is 0 Å². The summed E-state index contributed by atoms with van der Waals surface area (Å²) in [7, 11) is 1.76. The molecular formula is C11H10FN5. The second kappa shape index (κ2) is 4.61. The van der Waals surface area contributed by atoms with Gasteiger partial charge < -0.3 is 5.32 Å². The third kappa shape index (κ3) is 2.58. The van der Waals surface area contributed by atoms with E-state index in [0.29, 0.717) is 17.8 Å². The summed E-state index contributed by atoms with van der Waals surface area (Å²) in [6.07, 6.45) is 1.74. The minimum absolute atomic E-state index is 0.299. The molecule has 1 N–H and O–H groups in total. The molecular weight excluding hydrogens is 221 g/mol. The van der Waals surface area contributed by atoms with Crippen molar-refractivity contribution in [3.05, 3.63) is 41.5 Å². The molecule has 0 saturated heterocycles. The SMILES string of the molecule is Cn1cc(CNc2ccc(C#N)cc2F)nn1. The Morgan fingerprint density at radius 2 is 2.35 bits per heavy atom. The molecule has 0 spiro atoms. The van der Waals surface area contributed by atoms with Crippen molar-refractivity contribution in [3.8, 4) is 6.07 Å². The van der Waals surface area contributed by atoms with Gasteiger partial charge in [-0.15, -0.1) is 5.10 Å². The number of halogens is 1. The lowest BCUT2D eigenvalue weighted by atomic mass is 10.2. The van der Waals surface area contributed by atoms with Crippen LogP contribution in [0.3, 0.4) is 0 Å². The zero-order valence-electron chi connectivity index (χ0n) is 9.18. The highest BCUT2D eigenvalue weighted by atomic mass is 19.1. The lowest BCUT2D eigenvalue weighted by Gasteiger charge is -2.05. The summed E-state index contributed by atoms with van der Waals surface area (Å²) in [5, 5.41) is 19.1. The van der Waals surface area contributed by atoms with Crippen LogP contribution in [0.4, 0.5) is 10.1 Å². The van der Waals surface area contributed by atoms with E-state index in [1.54, 1.807) is 24.0 Å². The molecule has 5 nitrogen and oxygen atoms in total. The average molecular weight is 231 g/mol. The summed E-state index contributed by atoms with van der Waals surface area (Å²) in [5.41, 5.74) is 1.36. The van der Waals surface area contributed by atoms with Gasteiger partial charge in [0, 0.05) is 13.2 Å². The normalized spacial score (nSPS) is 9.94. The van der Waals surface area contributed by atoms with Crippen LogP contribution in [0, 0.1) is 17.1 Å². The quantitative estimate of drug-likeness (QED) is 0.867. The summed E-state index contributed by atoms with van der Waals surface area (Å²) in [5.74, 6) is -0.451. The molecule has 0 saturated carbocycles. The van der Waals surface area contributed by atoms with E-state index < -0.39 is 5.82 Å². The maximum Gasteiger partial charge on any atom is 0.147 e. The highest BCUT2D eigenvalue weighted by Crippen LogP contribution is 2.15. The molecule has 0 bridgehead atoms. The van der Waals surface area contributed by atoms with Crippen LogP contribution in [-0.2, 0) is 13.6 Å². The molecule has 86 valence electrons. The Kier molecular flexibility index (Phi) is 3.01. The second-order valence-electron chi connectivity index (χ2n) is 3.54. The molecule has 0 atom stereocenters. The molecule has 0 aliphatic carbocycles. The fourth-order valence-electron chi connectivity index (χ4n) is 1.39. The van der Waals surface area contributed by atoms with Gasteiger partial charge in [0.2, 0.25) is 0 Å². The lowest BCUT2D eigenvalue weighted by molar-refractivity contribution is 0.629. The summed E-state index contributed by atoms with van der Waals surface area (Å²) in [6, 6.07) is 6.16. The zero-order valence-corrected chi connectivity index (χ0v) is 9.18. The molecule has 6 heteroatoms. The fraction of sp³-hybridized carbons (Fsp3) is 0.182. The van der Waals surface area contributed by atoms with Crippen LogP contribution < -0.4 is 5.32 Å². The molecule has 0 radical (unpaired) electrons. The maximum absolute atomic E-state index is 13.5. The number of rotatable bonds is 3. The summed E-state index contributed by atoms with van der Waals surface area (Å²) >= 11 is 0. The van der Waals surface area contributed by atoms with Gasteiger partial charge in [-0.2, -0.15) is 5.26 Å². The highest BCUT2D eigenvalue weighted by molar-refractivity contribution is 5.48. The Labute approximate surface area is 97.5 Å².